The standard InChI is InChI=1S/C17H23NO3/c1-11(14-9-12-6-7-13(14)8-12)18-17(20)10-21-16-5-3-2-4-15(16)19/h2-5,11-14,19H,6-10H2,1H3,(H,18,20)/t11-,12+,13+,14-/m1/s1. The number of fused-ring (bicyclic) bond motifs is 2. The van der Waals surface area contributed by atoms with Crippen molar-refractivity contribution in [2.45, 2.75) is 38.6 Å². The molecule has 4 heteroatoms. The maximum Gasteiger partial charge on any atom is 0.258 e. The van der Waals surface area contributed by atoms with E-state index < -0.39 is 0 Å². The molecule has 1 amide bonds. The Hall–Kier alpha value is -1.71. The number of nitrogens with one attached hydrogen (secondary N) is 1. The second-order valence-electron chi connectivity index (χ2n) is 6.45. The molecule has 0 radical (unpaired) electrons. The smallest absolute Gasteiger partial charge is 0.258 e. The average molecular weight is 289 g/mol. The Morgan fingerprint density at radius 2 is 2.19 bits per heavy atom. The summed E-state index contributed by atoms with van der Waals surface area (Å²) >= 11 is 0. The minimum Gasteiger partial charge on any atom is -0.504 e. The number of hydrogen-bond donors (Lipinski definition) is 2. The normalized spacial score (nSPS) is 28.3. The van der Waals surface area contributed by atoms with Crippen LogP contribution in [0.2, 0.25) is 0 Å². The van der Waals surface area contributed by atoms with E-state index in [-0.39, 0.29) is 24.3 Å². The summed E-state index contributed by atoms with van der Waals surface area (Å²) in [7, 11) is 0. The van der Waals surface area contributed by atoms with Crippen molar-refractivity contribution in [1.29, 1.82) is 0 Å². The van der Waals surface area contributed by atoms with Crippen LogP contribution in [0.3, 0.4) is 0 Å². The fourth-order valence-corrected chi connectivity index (χ4v) is 4.03. The second-order valence-corrected chi connectivity index (χ2v) is 6.45. The molecule has 2 aliphatic carbocycles. The molecule has 1 aromatic rings. The molecule has 0 aromatic heterocycles. The van der Waals surface area contributed by atoms with Gasteiger partial charge >= 0.3 is 0 Å². The number of rotatable bonds is 5. The number of amides is 1. The van der Waals surface area contributed by atoms with Gasteiger partial charge in [0.2, 0.25) is 0 Å². The molecule has 2 bridgehead atoms. The Kier molecular flexibility index (Phi) is 4.04. The molecule has 2 aliphatic rings. The maximum atomic E-state index is 12.0. The Bertz CT molecular complexity index is 517. The van der Waals surface area contributed by atoms with Gasteiger partial charge in [-0.25, -0.2) is 0 Å². The lowest BCUT2D eigenvalue weighted by molar-refractivity contribution is -0.124. The van der Waals surface area contributed by atoms with E-state index in [2.05, 4.69) is 12.2 Å². The van der Waals surface area contributed by atoms with Crippen LogP contribution >= 0.6 is 0 Å². The van der Waals surface area contributed by atoms with E-state index in [9.17, 15) is 9.90 Å². The molecule has 21 heavy (non-hydrogen) atoms. The molecule has 1 aromatic carbocycles. The van der Waals surface area contributed by atoms with Gasteiger partial charge in [0.15, 0.2) is 18.1 Å². The molecule has 2 saturated carbocycles. The highest BCUT2D eigenvalue weighted by Crippen LogP contribution is 2.49. The van der Waals surface area contributed by atoms with Crippen molar-refractivity contribution in [3.63, 3.8) is 0 Å². The van der Waals surface area contributed by atoms with Crippen molar-refractivity contribution in [3.05, 3.63) is 24.3 Å². The summed E-state index contributed by atoms with van der Waals surface area (Å²) in [5.74, 6) is 2.60. The molecule has 4 atom stereocenters. The molecular formula is C17H23NO3. The van der Waals surface area contributed by atoms with E-state index in [1.54, 1.807) is 24.3 Å². The lowest BCUT2D eigenvalue weighted by Gasteiger charge is -2.28. The summed E-state index contributed by atoms with van der Waals surface area (Å²) in [6.07, 6.45) is 5.30. The monoisotopic (exact) mass is 289 g/mol. The van der Waals surface area contributed by atoms with Crippen molar-refractivity contribution in [3.8, 4) is 11.5 Å². The summed E-state index contributed by atoms with van der Waals surface area (Å²) in [6, 6.07) is 6.90. The van der Waals surface area contributed by atoms with Crippen LogP contribution in [0.25, 0.3) is 0 Å². The van der Waals surface area contributed by atoms with Crippen LogP contribution < -0.4 is 10.1 Å². The molecule has 4 nitrogen and oxygen atoms in total. The largest absolute Gasteiger partial charge is 0.504 e. The number of aromatic hydroxyl groups is 1. The fourth-order valence-electron chi connectivity index (χ4n) is 4.03. The van der Waals surface area contributed by atoms with E-state index in [1.807, 2.05) is 0 Å². The van der Waals surface area contributed by atoms with E-state index in [0.29, 0.717) is 11.7 Å². The fraction of sp³-hybridized carbons (Fsp3) is 0.588. The van der Waals surface area contributed by atoms with Gasteiger partial charge in [-0.15, -0.1) is 0 Å². The first kappa shape index (κ1) is 14.2. The summed E-state index contributed by atoms with van der Waals surface area (Å²) in [4.78, 5) is 12.0. The van der Waals surface area contributed by atoms with Gasteiger partial charge in [0.25, 0.3) is 5.91 Å². The molecule has 0 unspecified atom stereocenters. The topological polar surface area (TPSA) is 58.6 Å². The highest BCUT2D eigenvalue weighted by atomic mass is 16.5. The van der Waals surface area contributed by atoms with Crippen LogP contribution in [0.4, 0.5) is 0 Å². The molecule has 2 fully saturated rings. The zero-order valence-corrected chi connectivity index (χ0v) is 12.4. The molecule has 0 heterocycles. The third-order valence-corrected chi connectivity index (χ3v) is 5.05. The van der Waals surface area contributed by atoms with Crippen LogP contribution in [-0.2, 0) is 4.79 Å². The highest BCUT2D eigenvalue weighted by Gasteiger charge is 2.42. The number of carbonyl (C=O) groups is 1. The first-order valence-corrected chi connectivity index (χ1v) is 7.83. The maximum absolute atomic E-state index is 12.0. The highest BCUT2D eigenvalue weighted by molar-refractivity contribution is 5.77. The van der Waals surface area contributed by atoms with Gasteiger partial charge in [0.1, 0.15) is 0 Å². The number of phenolic OH excluding ortho intramolecular Hbond substituents is 1. The minimum atomic E-state index is -0.117. The van der Waals surface area contributed by atoms with E-state index in [4.69, 9.17) is 4.74 Å². The SMILES string of the molecule is C[C@@H](NC(=O)COc1ccccc1O)[C@H]1C[C@H]2CC[C@H]1C2. The van der Waals surface area contributed by atoms with Gasteiger partial charge in [-0.05, 0) is 56.1 Å². The number of ether oxygens (including phenoxy) is 1. The van der Waals surface area contributed by atoms with E-state index in [1.165, 1.54) is 25.7 Å². The molecule has 0 aliphatic heterocycles. The quantitative estimate of drug-likeness (QED) is 0.876. The number of benzene rings is 1. The second kappa shape index (κ2) is 5.96. The first-order chi connectivity index (χ1) is 10.1. The summed E-state index contributed by atoms with van der Waals surface area (Å²) in [5.41, 5.74) is 0. The molecule has 114 valence electrons. The van der Waals surface area contributed by atoms with Crippen LogP contribution in [0.1, 0.15) is 32.6 Å². The summed E-state index contributed by atoms with van der Waals surface area (Å²) in [6.45, 7) is 2.05. The minimum absolute atomic E-state index is 0.0528. The Morgan fingerprint density at radius 3 is 2.86 bits per heavy atom. The van der Waals surface area contributed by atoms with Crippen molar-refractivity contribution < 1.29 is 14.6 Å². The van der Waals surface area contributed by atoms with E-state index in [0.717, 1.165) is 11.8 Å². The van der Waals surface area contributed by atoms with Gasteiger partial charge in [0, 0.05) is 6.04 Å². The molecule has 2 N–H and O–H groups in total. The van der Waals surface area contributed by atoms with Gasteiger partial charge < -0.3 is 15.2 Å². The third-order valence-electron chi connectivity index (χ3n) is 5.05. The lowest BCUT2D eigenvalue weighted by Crippen LogP contribution is -2.42. The third kappa shape index (κ3) is 3.14. The van der Waals surface area contributed by atoms with Crippen molar-refractivity contribution in [1.82, 2.24) is 5.32 Å². The number of para-hydroxylation sites is 2. The number of hydrogen-bond acceptors (Lipinski definition) is 3. The predicted octanol–water partition coefficient (Wildman–Crippen LogP) is 2.71. The van der Waals surface area contributed by atoms with E-state index >= 15 is 0 Å². The predicted molar refractivity (Wildman–Crippen MR) is 80.1 cm³/mol. The first-order valence-electron chi connectivity index (χ1n) is 7.83. The van der Waals surface area contributed by atoms with Gasteiger partial charge in [-0.1, -0.05) is 18.6 Å². The van der Waals surface area contributed by atoms with Gasteiger partial charge in [0.05, 0.1) is 0 Å². The van der Waals surface area contributed by atoms with Crippen LogP contribution in [0.5, 0.6) is 11.5 Å². The average Bonchev–Trinajstić information content (AvgIpc) is 3.09. The van der Waals surface area contributed by atoms with Crippen LogP contribution in [0, 0.1) is 17.8 Å². The Balaban J connectivity index is 1.47. The zero-order chi connectivity index (χ0) is 14.8. The van der Waals surface area contributed by atoms with Gasteiger partial charge in [-0.2, -0.15) is 0 Å². The zero-order valence-electron chi connectivity index (χ0n) is 12.4. The molecule has 3 rings (SSSR count). The van der Waals surface area contributed by atoms with Crippen LogP contribution in [0.15, 0.2) is 24.3 Å². The number of phenols is 1. The van der Waals surface area contributed by atoms with Crippen molar-refractivity contribution in [2.75, 3.05) is 6.61 Å². The van der Waals surface area contributed by atoms with Crippen LogP contribution in [-0.4, -0.2) is 23.7 Å². The Labute approximate surface area is 125 Å². The molecule has 0 spiro atoms. The molecule has 0 saturated heterocycles. The van der Waals surface area contributed by atoms with Crippen molar-refractivity contribution in [2.24, 2.45) is 17.8 Å². The van der Waals surface area contributed by atoms with Gasteiger partial charge in [-0.3, -0.25) is 4.79 Å². The van der Waals surface area contributed by atoms with Crippen molar-refractivity contribution >= 4 is 5.91 Å². The number of carbonyl (C=O) groups excluding carboxylic acids is 1. The lowest BCUT2D eigenvalue weighted by atomic mass is 9.84. The Morgan fingerprint density at radius 1 is 1.38 bits per heavy atom. The summed E-state index contributed by atoms with van der Waals surface area (Å²) in [5, 5.41) is 12.6. The summed E-state index contributed by atoms with van der Waals surface area (Å²) < 4.78 is 5.36. The molecular weight excluding hydrogens is 266 g/mol.